The molecule has 0 N–H and O–H groups in total. The van der Waals surface area contributed by atoms with Gasteiger partial charge in [-0.2, -0.15) is 5.01 Å². The molecule has 12 heteroatoms. The monoisotopic (exact) mass is 690 g/mol. The molecule has 3 amide bonds. The molecule has 206 valence electrons. The number of carbonyl (C=O) groups excluding carboxylic acids is 5. The number of rotatable bonds is 7. The third-order valence-electron chi connectivity index (χ3n) is 6.87. The first-order chi connectivity index (χ1) is 19.2. The van der Waals surface area contributed by atoms with Crippen molar-refractivity contribution in [2.45, 2.75) is 22.5 Å². The SMILES string of the molecule is O=C(CN(C(=O)c1ccccc1Cl)N1C(=O)[C@H]2C[C@H](Br)[C@@H](Br)C[C@H]2C1=O)c1ccc(OC(=O)c2ccco2)cc1. The maximum atomic E-state index is 13.7. The Morgan fingerprint density at radius 1 is 0.925 bits per heavy atom. The van der Waals surface area contributed by atoms with Crippen LogP contribution < -0.4 is 4.74 Å². The van der Waals surface area contributed by atoms with E-state index in [4.69, 9.17) is 20.8 Å². The number of hydrogen-bond donors (Lipinski definition) is 0. The summed E-state index contributed by atoms with van der Waals surface area (Å²) in [5, 5.41) is 1.80. The fraction of sp³-hybridized carbons (Fsp3) is 0.250. The first-order valence-electron chi connectivity index (χ1n) is 12.3. The fourth-order valence-corrected chi connectivity index (χ4v) is 6.26. The number of nitrogens with zero attached hydrogens (tertiary/aromatic N) is 2. The van der Waals surface area contributed by atoms with Gasteiger partial charge in [0.25, 0.3) is 17.7 Å². The Bertz CT molecular complexity index is 1450. The molecule has 1 aliphatic carbocycles. The van der Waals surface area contributed by atoms with Gasteiger partial charge in [0, 0.05) is 15.2 Å². The lowest BCUT2D eigenvalue weighted by molar-refractivity contribution is -0.154. The summed E-state index contributed by atoms with van der Waals surface area (Å²) >= 11 is 13.4. The molecule has 2 aromatic carbocycles. The van der Waals surface area contributed by atoms with Gasteiger partial charge in [-0.05, 0) is 61.4 Å². The summed E-state index contributed by atoms with van der Waals surface area (Å²) in [6, 6.07) is 14.9. The Morgan fingerprint density at radius 3 is 2.12 bits per heavy atom. The maximum absolute atomic E-state index is 13.7. The van der Waals surface area contributed by atoms with Crippen LogP contribution in [0.3, 0.4) is 0 Å². The highest BCUT2D eigenvalue weighted by Gasteiger charge is 2.54. The van der Waals surface area contributed by atoms with Crippen LogP contribution in [0, 0.1) is 11.8 Å². The highest BCUT2D eigenvalue weighted by molar-refractivity contribution is 9.12. The fourth-order valence-electron chi connectivity index (χ4n) is 4.81. The van der Waals surface area contributed by atoms with Crippen molar-refractivity contribution in [1.29, 1.82) is 0 Å². The Kier molecular flexibility index (Phi) is 8.25. The number of furan rings is 1. The summed E-state index contributed by atoms with van der Waals surface area (Å²) in [7, 11) is 0. The van der Waals surface area contributed by atoms with Crippen molar-refractivity contribution in [1.82, 2.24) is 10.0 Å². The highest BCUT2D eigenvalue weighted by atomic mass is 79.9. The number of hydrazine groups is 1. The smallest absolute Gasteiger partial charge is 0.379 e. The number of amides is 3. The Morgan fingerprint density at radius 2 is 1.55 bits per heavy atom. The van der Waals surface area contributed by atoms with Crippen LogP contribution in [0.5, 0.6) is 5.75 Å². The predicted molar refractivity (Wildman–Crippen MR) is 150 cm³/mol. The van der Waals surface area contributed by atoms with E-state index in [-0.39, 0.29) is 37.3 Å². The standard InChI is InChI=1S/C28H21Br2ClN2O7/c29-20-12-18-19(13-21(20)30)27(37)33(26(18)36)32(25(35)17-4-1-2-5-22(17)31)14-23(34)15-7-9-16(10-8-15)40-28(38)24-6-3-11-39-24/h1-11,18-21H,12-14H2/t18-,19+,20-,21-/m0/s1. The number of carbonyl (C=O) groups is 5. The molecule has 1 saturated heterocycles. The van der Waals surface area contributed by atoms with Gasteiger partial charge < -0.3 is 9.15 Å². The van der Waals surface area contributed by atoms with Gasteiger partial charge in [0.15, 0.2) is 5.78 Å². The molecule has 0 spiro atoms. The third-order valence-corrected chi connectivity index (χ3v) is 9.93. The molecule has 1 aliphatic heterocycles. The normalized spacial score (nSPS) is 22.1. The van der Waals surface area contributed by atoms with Crippen molar-refractivity contribution in [3.63, 3.8) is 0 Å². The Balaban J connectivity index is 1.40. The molecule has 9 nitrogen and oxygen atoms in total. The molecule has 4 atom stereocenters. The average molecular weight is 693 g/mol. The minimum absolute atomic E-state index is 0.0202. The second-order valence-electron chi connectivity index (χ2n) is 9.36. The number of ether oxygens (including phenoxy) is 1. The van der Waals surface area contributed by atoms with Gasteiger partial charge in [-0.15, -0.1) is 0 Å². The summed E-state index contributed by atoms with van der Waals surface area (Å²) in [6.45, 7) is -0.595. The van der Waals surface area contributed by atoms with Crippen LogP contribution in [0.25, 0.3) is 0 Å². The number of hydrogen-bond acceptors (Lipinski definition) is 7. The van der Waals surface area contributed by atoms with Crippen molar-refractivity contribution in [3.8, 4) is 5.75 Å². The van der Waals surface area contributed by atoms with E-state index < -0.39 is 47.9 Å². The zero-order chi connectivity index (χ0) is 28.6. The molecule has 2 fully saturated rings. The van der Waals surface area contributed by atoms with Crippen molar-refractivity contribution in [2.24, 2.45) is 11.8 Å². The van der Waals surface area contributed by atoms with E-state index in [1.807, 2.05) is 0 Å². The highest BCUT2D eigenvalue weighted by Crippen LogP contribution is 2.43. The quantitative estimate of drug-likeness (QED) is 0.108. The summed E-state index contributed by atoms with van der Waals surface area (Å²) in [5.74, 6) is -4.12. The topological polar surface area (TPSA) is 114 Å². The first kappa shape index (κ1) is 28.3. The summed E-state index contributed by atoms with van der Waals surface area (Å²) in [4.78, 5) is 66.1. The van der Waals surface area contributed by atoms with Crippen LogP contribution in [0.4, 0.5) is 0 Å². The number of imide groups is 1. The largest absolute Gasteiger partial charge is 0.457 e. The van der Waals surface area contributed by atoms with Crippen LogP contribution >= 0.6 is 43.5 Å². The van der Waals surface area contributed by atoms with Crippen molar-refractivity contribution in [2.75, 3.05) is 6.54 Å². The summed E-state index contributed by atoms with van der Waals surface area (Å²) in [5.41, 5.74) is 0.219. The van der Waals surface area contributed by atoms with Crippen molar-refractivity contribution < 1.29 is 33.1 Å². The molecule has 40 heavy (non-hydrogen) atoms. The number of halogens is 3. The van der Waals surface area contributed by atoms with Gasteiger partial charge in [-0.1, -0.05) is 55.6 Å². The number of esters is 1. The number of alkyl halides is 2. The zero-order valence-electron chi connectivity index (χ0n) is 20.7. The molecule has 0 bridgehead atoms. The van der Waals surface area contributed by atoms with Crippen LogP contribution in [-0.4, -0.2) is 55.7 Å². The lowest BCUT2D eigenvalue weighted by Gasteiger charge is -2.30. The van der Waals surface area contributed by atoms with E-state index >= 15 is 0 Å². The minimum Gasteiger partial charge on any atom is -0.457 e. The van der Waals surface area contributed by atoms with E-state index in [1.165, 1.54) is 48.7 Å². The lowest BCUT2D eigenvalue weighted by atomic mass is 9.81. The average Bonchev–Trinajstić information content (AvgIpc) is 3.56. The minimum atomic E-state index is -0.755. The van der Waals surface area contributed by atoms with Crippen molar-refractivity contribution >= 4 is 72.9 Å². The molecule has 3 aromatic rings. The number of ketones is 1. The third kappa shape index (κ3) is 5.50. The predicted octanol–water partition coefficient (Wildman–Crippen LogP) is 5.31. The molecular formula is C28H21Br2ClN2O7. The van der Waals surface area contributed by atoms with Gasteiger partial charge in [-0.3, -0.25) is 19.2 Å². The molecule has 0 unspecified atom stereocenters. The molecule has 5 rings (SSSR count). The summed E-state index contributed by atoms with van der Waals surface area (Å²) in [6.07, 6.45) is 2.15. The molecule has 0 radical (unpaired) electrons. The van der Waals surface area contributed by atoms with Crippen LogP contribution in [-0.2, 0) is 9.59 Å². The van der Waals surface area contributed by atoms with Gasteiger partial charge in [0.05, 0.1) is 28.7 Å². The number of benzene rings is 2. The molecular weight excluding hydrogens is 672 g/mol. The van der Waals surface area contributed by atoms with Crippen LogP contribution in [0.1, 0.15) is 44.1 Å². The second kappa shape index (κ2) is 11.7. The van der Waals surface area contributed by atoms with E-state index in [9.17, 15) is 24.0 Å². The van der Waals surface area contributed by atoms with Gasteiger partial charge in [-0.25, -0.2) is 9.80 Å². The van der Waals surface area contributed by atoms with Crippen LogP contribution in [0.2, 0.25) is 5.02 Å². The van der Waals surface area contributed by atoms with E-state index in [2.05, 4.69) is 31.9 Å². The number of Topliss-reactive ketones (excluding diaryl/α,β-unsaturated/α-hetero) is 1. The lowest BCUT2D eigenvalue weighted by Crippen LogP contribution is -2.52. The molecule has 2 heterocycles. The molecule has 1 aromatic heterocycles. The maximum Gasteiger partial charge on any atom is 0.379 e. The van der Waals surface area contributed by atoms with Gasteiger partial charge in [0.1, 0.15) is 12.3 Å². The van der Waals surface area contributed by atoms with Gasteiger partial charge in [0.2, 0.25) is 5.76 Å². The van der Waals surface area contributed by atoms with E-state index in [0.717, 1.165) is 10.0 Å². The summed E-state index contributed by atoms with van der Waals surface area (Å²) < 4.78 is 10.2. The van der Waals surface area contributed by atoms with Crippen LogP contribution in [0.15, 0.2) is 71.3 Å². The van der Waals surface area contributed by atoms with Crippen molar-refractivity contribution in [3.05, 3.63) is 88.8 Å². The van der Waals surface area contributed by atoms with E-state index in [0.29, 0.717) is 12.8 Å². The molecule has 2 aliphatic rings. The Hall–Kier alpha value is -3.28. The second-order valence-corrected chi connectivity index (χ2v) is 12.1. The number of fused-ring (bicyclic) bond motifs is 1. The van der Waals surface area contributed by atoms with E-state index in [1.54, 1.807) is 18.2 Å². The van der Waals surface area contributed by atoms with Gasteiger partial charge >= 0.3 is 5.97 Å². The molecule has 1 saturated carbocycles. The Labute approximate surface area is 250 Å². The zero-order valence-corrected chi connectivity index (χ0v) is 24.6. The first-order valence-corrected chi connectivity index (χ1v) is 14.5.